The van der Waals surface area contributed by atoms with Gasteiger partial charge in [-0.3, -0.25) is 4.79 Å². The molecule has 0 heterocycles. The van der Waals surface area contributed by atoms with Gasteiger partial charge in [0.15, 0.2) is 0 Å². The first-order valence-electron chi connectivity index (χ1n) is 5.14. The highest BCUT2D eigenvalue weighted by molar-refractivity contribution is 5.92. The van der Waals surface area contributed by atoms with E-state index in [1.165, 1.54) is 6.07 Å². The predicted octanol–water partition coefficient (Wildman–Crippen LogP) is 1.66. The molecule has 5 heteroatoms. The molecular formula is C11H12F2N2O. The summed E-state index contributed by atoms with van der Waals surface area (Å²) in [5, 5.41) is 5.17. The maximum Gasteiger partial charge on any atom is 0.238 e. The first-order chi connectivity index (χ1) is 7.66. The van der Waals surface area contributed by atoms with Gasteiger partial charge in [-0.15, -0.1) is 0 Å². The highest BCUT2D eigenvalue weighted by atomic mass is 19.1. The van der Waals surface area contributed by atoms with Crippen molar-refractivity contribution in [3.63, 3.8) is 0 Å². The zero-order valence-corrected chi connectivity index (χ0v) is 8.59. The summed E-state index contributed by atoms with van der Waals surface area (Å²) < 4.78 is 26.3. The molecule has 1 aliphatic carbocycles. The maximum atomic E-state index is 13.1. The Labute approximate surface area is 91.8 Å². The highest BCUT2D eigenvalue weighted by Gasteiger charge is 2.21. The molecule has 2 rings (SSSR count). The van der Waals surface area contributed by atoms with Crippen LogP contribution in [0.3, 0.4) is 0 Å². The van der Waals surface area contributed by atoms with Crippen LogP contribution in [0.5, 0.6) is 0 Å². The number of para-hydroxylation sites is 1. The molecule has 0 aromatic heterocycles. The molecule has 0 spiro atoms. The van der Waals surface area contributed by atoms with Gasteiger partial charge < -0.3 is 10.6 Å². The smallest absolute Gasteiger partial charge is 0.238 e. The Balaban J connectivity index is 1.93. The van der Waals surface area contributed by atoms with Crippen LogP contribution in [-0.4, -0.2) is 18.5 Å². The van der Waals surface area contributed by atoms with Crippen LogP contribution in [-0.2, 0) is 4.79 Å². The molecule has 1 aliphatic rings. The molecule has 1 aromatic carbocycles. The topological polar surface area (TPSA) is 41.1 Å². The molecule has 2 N–H and O–H groups in total. The number of hydrogen-bond donors (Lipinski definition) is 2. The van der Waals surface area contributed by atoms with Crippen molar-refractivity contribution in [2.75, 3.05) is 11.9 Å². The summed E-state index contributed by atoms with van der Waals surface area (Å²) in [4.78, 5) is 11.3. The molecule has 1 aromatic rings. The van der Waals surface area contributed by atoms with Crippen molar-refractivity contribution in [1.29, 1.82) is 0 Å². The Hall–Kier alpha value is -1.49. The van der Waals surface area contributed by atoms with Gasteiger partial charge in [0, 0.05) is 6.04 Å². The molecule has 3 nitrogen and oxygen atoms in total. The maximum absolute atomic E-state index is 13.1. The summed E-state index contributed by atoms with van der Waals surface area (Å²) in [7, 11) is 0. The lowest BCUT2D eigenvalue weighted by atomic mass is 10.3. The summed E-state index contributed by atoms with van der Waals surface area (Å²) in [6, 6.07) is 3.85. The molecule has 1 amide bonds. The van der Waals surface area contributed by atoms with Crippen molar-refractivity contribution in [1.82, 2.24) is 5.32 Å². The summed E-state index contributed by atoms with van der Waals surface area (Å²) in [5.74, 6) is -1.96. The molecular weight excluding hydrogens is 214 g/mol. The Morgan fingerprint density at radius 2 is 1.94 bits per heavy atom. The molecule has 0 bridgehead atoms. The van der Waals surface area contributed by atoms with Gasteiger partial charge in [-0.2, -0.15) is 0 Å². The van der Waals surface area contributed by atoms with E-state index in [-0.39, 0.29) is 12.2 Å². The number of carbonyl (C=O) groups excluding carboxylic acids is 1. The first kappa shape index (κ1) is 11.0. The third-order valence-corrected chi connectivity index (χ3v) is 2.36. The second kappa shape index (κ2) is 4.57. The number of benzene rings is 1. The molecule has 1 saturated carbocycles. The van der Waals surface area contributed by atoms with E-state index >= 15 is 0 Å². The van der Waals surface area contributed by atoms with E-state index in [1.54, 1.807) is 0 Å². The van der Waals surface area contributed by atoms with Gasteiger partial charge in [0.1, 0.15) is 17.3 Å². The summed E-state index contributed by atoms with van der Waals surface area (Å²) in [6.45, 7) is 0.0818. The SMILES string of the molecule is O=C(CNC1CC1)Nc1c(F)cccc1F. The molecule has 86 valence electrons. The van der Waals surface area contributed by atoms with Crippen molar-refractivity contribution in [2.24, 2.45) is 0 Å². The minimum Gasteiger partial charge on any atom is -0.320 e. The lowest BCUT2D eigenvalue weighted by Crippen LogP contribution is -2.30. The third-order valence-electron chi connectivity index (χ3n) is 2.36. The van der Waals surface area contributed by atoms with Gasteiger partial charge in [-0.05, 0) is 25.0 Å². The lowest BCUT2D eigenvalue weighted by molar-refractivity contribution is -0.115. The zero-order valence-electron chi connectivity index (χ0n) is 8.59. The van der Waals surface area contributed by atoms with Crippen molar-refractivity contribution >= 4 is 11.6 Å². The number of hydrogen-bond acceptors (Lipinski definition) is 2. The minimum absolute atomic E-state index is 0.0818. The summed E-state index contributed by atoms with van der Waals surface area (Å²) >= 11 is 0. The van der Waals surface area contributed by atoms with Crippen LogP contribution in [0.1, 0.15) is 12.8 Å². The number of nitrogens with one attached hydrogen (secondary N) is 2. The van der Waals surface area contributed by atoms with Crippen LogP contribution in [0.25, 0.3) is 0 Å². The van der Waals surface area contributed by atoms with E-state index in [0.717, 1.165) is 25.0 Å². The van der Waals surface area contributed by atoms with Crippen molar-refractivity contribution in [2.45, 2.75) is 18.9 Å². The van der Waals surface area contributed by atoms with Crippen molar-refractivity contribution in [3.8, 4) is 0 Å². The molecule has 0 radical (unpaired) electrons. The second-order valence-corrected chi connectivity index (χ2v) is 3.80. The molecule has 0 saturated heterocycles. The second-order valence-electron chi connectivity index (χ2n) is 3.80. The van der Waals surface area contributed by atoms with Crippen molar-refractivity contribution in [3.05, 3.63) is 29.8 Å². The van der Waals surface area contributed by atoms with E-state index in [2.05, 4.69) is 10.6 Å². The van der Waals surface area contributed by atoms with Crippen molar-refractivity contribution < 1.29 is 13.6 Å². The fraction of sp³-hybridized carbons (Fsp3) is 0.364. The number of rotatable bonds is 4. The van der Waals surface area contributed by atoms with Crippen LogP contribution in [0.15, 0.2) is 18.2 Å². The fourth-order valence-electron chi connectivity index (χ4n) is 1.33. The number of anilines is 1. The van der Waals surface area contributed by atoms with Gasteiger partial charge in [0.2, 0.25) is 5.91 Å². The number of halogens is 2. The molecule has 1 fully saturated rings. The lowest BCUT2D eigenvalue weighted by Gasteiger charge is -2.07. The number of amides is 1. The monoisotopic (exact) mass is 226 g/mol. The average molecular weight is 226 g/mol. The predicted molar refractivity (Wildman–Crippen MR) is 56.0 cm³/mol. The Kier molecular flexibility index (Phi) is 3.14. The van der Waals surface area contributed by atoms with Gasteiger partial charge in [-0.25, -0.2) is 8.78 Å². The van der Waals surface area contributed by atoms with E-state index in [0.29, 0.717) is 6.04 Å². The zero-order chi connectivity index (χ0) is 11.5. The van der Waals surface area contributed by atoms with Crippen LogP contribution < -0.4 is 10.6 Å². The van der Waals surface area contributed by atoms with E-state index in [4.69, 9.17) is 0 Å². The fourth-order valence-corrected chi connectivity index (χ4v) is 1.33. The summed E-state index contributed by atoms with van der Waals surface area (Å²) in [5.41, 5.74) is -0.384. The standard InChI is InChI=1S/C11H12F2N2O/c12-8-2-1-3-9(13)11(8)15-10(16)6-14-7-4-5-7/h1-3,7,14H,4-6H2,(H,15,16). The minimum atomic E-state index is -0.764. The first-order valence-corrected chi connectivity index (χ1v) is 5.14. The molecule has 0 unspecified atom stereocenters. The van der Waals surface area contributed by atoms with E-state index in [9.17, 15) is 13.6 Å². The van der Waals surface area contributed by atoms with Crippen LogP contribution >= 0.6 is 0 Å². The van der Waals surface area contributed by atoms with Crippen LogP contribution in [0.2, 0.25) is 0 Å². The van der Waals surface area contributed by atoms with E-state index < -0.39 is 17.5 Å². The molecule has 0 aliphatic heterocycles. The molecule has 16 heavy (non-hydrogen) atoms. The van der Waals surface area contributed by atoms with Gasteiger partial charge in [0.25, 0.3) is 0 Å². The summed E-state index contributed by atoms with van der Waals surface area (Å²) in [6.07, 6.45) is 2.11. The Morgan fingerprint density at radius 3 is 2.50 bits per heavy atom. The van der Waals surface area contributed by atoms with Crippen LogP contribution in [0, 0.1) is 11.6 Å². The van der Waals surface area contributed by atoms with Crippen LogP contribution in [0.4, 0.5) is 14.5 Å². The third kappa shape index (κ3) is 2.76. The largest absolute Gasteiger partial charge is 0.320 e. The Morgan fingerprint density at radius 1 is 1.31 bits per heavy atom. The normalized spacial score (nSPS) is 14.9. The quantitative estimate of drug-likeness (QED) is 0.819. The number of carbonyl (C=O) groups is 1. The van der Waals surface area contributed by atoms with Gasteiger partial charge in [-0.1, -0.05) is 6.07 Å². The average Bonchev–Trinajstić information content (AvgIpc) is 3.04. The van der Waals surface area contributed by atoms with Gasteiger partial charge in [0.05, 0.1) is 6.54 Å². The highest BCUT2D eigenvalue weighted by Crippen LogP contribution is 2.19. The van der Waals surface area contributed by atoms with E-state index in [1.807, 2.05) is 0 Å². The van der Waals surface area contributed by atoms with Gasteiger partial charge >= 0.3 is 0 Å². The molecule has 0 atom stereocenters. The Bertz CT molecular complexity index is 385.